The molecule has 0 fully saturated rings. The van der Waals surface area contributed by atoms with Crippen LogP contribution in [0.3, 0.4) is 0 Å². The summed E-state index contributed by atoms with van der Waals surface area (Å²) in [6.07, 6.45) is 2.01. The molecule has 100 valence electrons. The number of anilines is 1. The van der Waals surface area contributed by atoms with Crippen molar-refractivity contribution in [2.75, 3.05) is 24.7 Å². The molecule has 18 heavy (non-hydrogen) atoms. The van der Waals surface area contributed by atoms with Crippen LogP contribution in [0.25, 0.3) is 0 Å². The predicted molar refractivity (Wildman–Crippen MR) is 75.7 cm³/mol. The van der Waals surface area contributed by atoms with Crippen molar-refractivity contribution >= 4 is 23.1 Å². The van der Waals surface area contributed by atoms with Crippen LogP contribution in [0.5, 0.6) is 5.75 Å². The topological polar surface area (TPSA) is 64.4 Å². The lowest BCUT2D eigenvalue weighted by atomic mass is 10.2. The number of ether oxygens (including phenoxy) is 1. The van der Waals surface area contributed by atoms with Crippen molar-refractivity contribution in [3.63, 3.8) is 0 Å². The van der Waals surface area contributed by atoms with Crippen LogP contribution >= 0.6 is 11.8 Å². The van der Waals surface area contributed by atoms with E-state index in [2.05, 4.69) is 12.2 Å². The van der Waals surface area contributed by atoms with Gasteiger partial charge in [0.15, 0.2) is 5.75 Å². The summed E-state index contributed by atoms with van der Waals surface area (Å²) in [5, 5.41) is 14.6. The van der Waals surface area contributed by atoms with E-state index in [0.717, 1.165) is 0 Å². The van der Waals surface area contributed by atoms with Gasteiger partial charge in [-0.3, -0.25) is 10.1 Å². The highest BCUT2D eigenvalue weighted by Crippen LogP contribution is 2.34. The molecule has 0 aromatic heterocycles. The third kappa shape index (κ3) is 3.80. The Labute approximate surface area is 111 Å². The molecule has 1 atom stereocenters. The Hall–Kier alpha value is -1.43. The molecule has 1 aromatic carbocycles. The molecule has 1 unspecified atom stereocenters. The van der Waals surface area contributed by atoms with E-state index >= 15 is 0 Å². The molecule has 0 amide bonds. The first-order valence-corrected chi connectivity index (χ1v) is 7.05. The van der Waals surface area contributed by atoms with E-state index in [1.807, 2.05) is 6.26 Å². The average Bonchev–Trinajstić information content (AvgIpc) is 2.36. The number of nitrogens with zero attached hydrogens (tertiary/aromatic N) is 1. The summed E-state index contributed by atoms with van der Waals surface area (Å²) in [4.78, 5) is 10.7. The lowest BCUT2D eigenvalue weighted by Crippen LogP contribution is -2.14. The number of para-hydroxylation sites is 1. The number of nitro benzene ring substituents is 1. The van der Waals surface area contributed by atoms with Crippen molar-refractivity contribution in [1.82, 2.24) is 0 Å². The first-order valence-electron chi connectivity index (χ1n) is 5.77. The monoisotopic (exact) mass is 270 g/mol. The molecule has 0 radical (unpaired) electrons. The molecule has 0 aliphatic heterocycles. The van der Waals surface area contributed by atoms with Gasteiger partial charge >= 0.3 is 5.69 Å². The zero-order valence-electron chi connectivity index (χ0n) is 10.8. The Morgan fingerprint density at radius 2 is 2.28 bits per heavy atom. The summed E-state index contributed by atoms with van der Waals surface area (Å²) in [5.41, 5.74) is 0.513. The van der Waals surface area contributed by atoms with Crippen LogP contribution < -0.4 is 10.1 Å². The summed E-state index contributed by atoms with van der Waals surface area (Å²) in [5.74, 6) is 0.310. The van der Waals surface area contributed by atoms with Crippen molar-refractivity contribution in [3.8, 4) is 5.75 Å². The van der Waals surface area contributed by atoms with E-state index in [1.165, 1.54) is 0 Å². The number of thioether (sulfide) groups is 1. The molecule has 1 N–H and O–H groups in total. The maximum Gasteiger partial charge on any atom is 0.333 e. The van der Waals surface area contributed by atoms with Gasteiger partial charge in [-0.25, -0.2) is 0 Å². The molecule has 0 spiro atoms. The molecule has 0 saturated heterocycles. The van der Waals surface area contributed by atoms with Crippen LogP contribution in [0.4, 0.5) is 11.4 Å². The van der Waals surface area contributed by atoms with E-state index in [-0.39, 0.29) is 5.69 Å². The van der Waals surface area contributed by atoms with Crippen LogP contribution in [0.15, 0.2) is 18.2 Å². The lowest BCUT2D eigenvalue weighted by Gasteiger charge is -2.13. The Kier molecular flexibility index (Phi) is 5.77. The van der Waals surface area contributed by atoms with Crippen LogP contribution in [-0.4, -0.2) is 29.6 Å². The fourth-order valence-electron chi connectivity index (χ4n) is 1.46. The van der Waals surface area contributed by atoms with Crippen molar-refractivity contribution in [1.29, 1.82) is 0 Å². The molecule has 1 rings (SSSR count). The summed E-state index contributed by atoms with van der Waals surface area (Å²) in [6.45, 7) is 4.96. The third-order valence-electron chi connectivity index (χ3n) is 2.46. The predicted octanol–water partition coefficient (Wildman–Crippen LogP) is 3.16. The highest BCUT2D eigenvalue weighted by atomic mass is 32.2. The summed E-state index contributed by atoms with van der Waals surface area (Å²) >= 11 is 1.71. The zero-order chi connectivity index (χ0) is 13.5. The van der Waals surface area contributed by atoms with E-state index < -0.39 is 4.92 Å². The van der Waals surface area contributed by atoms with E-state index in [4.69, 9.17) is 4.74 Å². The summed E-state index contributed by atoms with van der Waals surface area (Å²) in [6, 6.07) is 5.07. The van der Waals surface area contributed by atoms with Gasteiger partial charge in [0, 0.05) is 11.8 Å². The number of hydrogen-bond acceptors (Lipinski definition) is 5. The molecule has 0 aliphatic rings. The largest absolute Gasteiger partial charge is 0.487 e. The minimum atomic E-state index is -0.406. The normalized spacial score (nSPS) is 11.9. The van der Waals surface area contributed by atoms with E-state index in [0.29, 0.717) is 29.8 Å². The van der Waals surface area contributed by atoms with Gasteiger partial charge < -0.3 is 10.1 Å². The maximum absolute atomic E-state index is 11.1. The number of nitro groups is 1. The van der Waals surface area contributed by atoms with Crippen molar-refractivity contribution < 1.29 is 9.66 Å². The van der Waals surface area contributed by atoms with Gasteiger partial charge in [-0.15, -0.1) is 0 Å². The summed E-state index contributed by atoms with van der Waals surface area (Å²) in [7, 11) is 0. The lowest BCUT2D eigenvalue weighted by molar-refractivity contribution is -0.384. The fourth-order valence-corrected chi connectivity index (χ4v) is 1.71. The van der Waals surface area contributed by atoms with Gasteiger partial charge in [-0.05, 0) is 25.3 Å². The van der Waals surface area contributed by atoms with Gasteiger partial charge in [0.05, 0.1) is 11.5 Å². The molecular formula is C12H18N2O3S. The van der Waals surface area contributed by atoms with Crippen LogP contribution in [0.1, 0.15) is 13.8 Å². The molecule has 6 heteroatoms. The highest BCUT2D eigenvalue weighted by Gasteiger charge is 2.20. The van der Waals surface area contributed by atoms with Gasteiger partial charge in [-0.2, -0.15) is 11.8 Å². The number of benzene rings is 1. The minimum Gasteiger partial charge on any atom is -0.487 e. The third-order valence-corrected chi connectivity index (χ3v) is 3.44. The van der Waals surface area contributed by atoms with Gasteiger partial charge in [-0.1, -0.05) is 13.0 Å². The number of hydrogen-bond donors (Lipinski definition) is 1. The van der Waals surface area contributed by atoms with Gasteiger partial charge in [0.2, 0.25) is 0 Å². The molecule has 0 heterocycles. The van der Waals surface area contributed by atoms with Crippen molar-refractivity contribution in [2.45, 2.75) is 19.1 Å². The fraction of sp³-hybridized carbons (Fsp3) is 0.500. The van der Waals surface area contributed by atoms with E-state index in [1.54, 1.807) is 36.9 Å². The molecule has 0 aliphatic carbocycles. The Bertz CT molecular complexity index is 412. The van der Waals surface area contributed by atoms with Gasteiger partial charge in [0.25, 0.3) is 0 Å². The average molecular weight is 270 g/mol. The van der Waals surface area contributed by atoms with Crippen LogP contribution in [-0.2, 0) is 0 Å². The standard InChI is InChI=1S/C12H18N2O3S/c1-4-17-11-7-5-6-10(12(11)14(15)16)13-8-9(2)18-3/h5-7,9,13H,4,8H2,1-3H3. The van der Waals surface area contributed by atoms with E-state index in [9.17, 15) is 10.1 Å². The zero-order valence-corrected chi connectivity index (χ0v) is 11.6. The first kappa shape index (κ1) is 14.6. The highest BCUT2D eigenvalue weighted by molar-refractivity contribution is 7.99. The second kappa shape index (κ2) is 7.10. The van der Waals surface area contributed by atoms with Gasteiger partial charge in [0.1, 0.15) is 5.69 Å². The quantitative estimate of drug-likeness (QED) is 0.609. The Balaban J connectivity index is 2.95. The molecule has 0 saturated carbocycles. The van der Waals surface area contributed by atoms with Crippen molar-refractivity contribution in [2.24, 2.45) is 0 Å². The number of nitrogens with one attached hydrogen (secondary N) is 1. The first-order chi connectivity index (χ1) is 8.60. The summed E-state index contributed by atoms with van der Waals surface area (Å²) < 4.78 is 5.29. The maximum atomic E-state index is 11.1. The molecule has 5 nitrogen and oxygen atoms in total. The second-order valence-electron chi connectivity index (χ2n) is 3.77. The smallest absolute Gasteiger partial charge is 0.333 e. The molecular weight excluding hydrogens is 252 g/mol. The van der Waals surface area contributed by atoms with Crippen LogP contribution in [0.2, 0.25) is 0 Å². The Morgan fingerprint density at radius 3 is 2.83 bits per heavy atom. The molecule has 0 bridgehead atoms. The minimum absolute atomic E-state index is 0.00709. The SMILES string of the molecule is CCOc1cccc(NCC(C)SC)c1[N+](=O)[O-]. The second-order valence-corrected chi connectivity index (χ2v) is 5.05. The number of rotatable bonds is 7. The Morgan fingerprint density at radius 1 is 1.56 bits per heavy atom. The van der Waals surface area contributed by atoms with Crippen LogP contribution in [0, 0.1) is 10.1 Å². The van der Waals surface area contributed by atoms with Crippen molar-refractivity contribution in [3.05, 3.63) is 28.3 Å². The molecule has 1 aromatic rings.